The van der Waals surface area contributed by atoms with Gasteiger partial charge in [-0.05, 0) is 56.3 Å². The lowest BCUT2D eigenvalue weighted by Gasteiger charge is -2.14. The Labute approximate surface area is 188 Å². The van der Waals surface area contributed by atoms with Crippen LogP contribution >= 0.6 is 15.9 Å². The maximum atomic E-state index is 12.7. The number of hydrogen-bond acceptors (Lipinski definition) is 6. The second kappa shape index (κ2) is 9.21. The number of nitrogens with zero attached hydrogens (tertiary/aromatic N) is 1. The molecule has 2 aromatic rings. The molecule has 31 heavy (non-hydrogen) atoms. The van der Waals surface area contributed by atoms with E-state index in [9.17, 15) is 18.0 Å². The molecule has 1 aromatic heterocycles. The van der Waals surface area contributed by atoms with E-state index in [1.807, 2.05) is 6.92 Å². The topological polar surface area (TPSA) is 106 Å². The molecule has 0 aliphatic carbocycles. The Balaban J connectivity index is 1.80. The molecule has 1 N–H and O–H groups in total. The Morgan fingerprint density at radius 1 is 1.23 bits per heavy atom. The number of allylic oxidation sites excluding steroid dienone is 1. The maximum Gasteiger partial charge on any atom is 0.340 e. The van der Waals surface area contributed by atoms with Crippen LogP contribution in [0.5, 0.6) is 0 Å². The number of sulfonamides is 1. The number of carbonyl (C=O) groups is 2. The molecule has 8 nitrogen and oxygen atoms in total. The predicted octanol–water partition coefficient (Wildman–Crippen LogP) is 3.21. The Morgan fingerprint density at radius 3 is 2.52 bits per heavy atom. The maximum absolute atomic E-state index is 12.7. The van der Waals surface area contributed by atoms with E-state index in [1.165, 1.54) is 30.2 Å². The van der Waals surface area contributed by atoms with E-state index in [0.29, 0.717) is 23.8 Å². The van der Waals surface area contributed by atoms with Crippen molar-refractivity contribution in [3.8, 4) is 0 Å². The number of amides is 1. The monoisotopic (exact) mass is 508 g/mol. The zero-order valence-electron chi connectivity index (χ0n) is 17.1. The number of methoxy groups -OCH3 is 1. The summed E-state index contributed by atoms with van der Waals surface area (Å²) in [5, 5.41) is 0. The van der Waals surface area contributed by atoms with Gasteiger partial charge in [0.2, 0.25) is 10.0 Å². The van der Waals surface area contributed by atoms with Crippen LogP contribution in [0.1, 0.15) is 25.4 Å². The highest BCUT2D eigenvalue weighted by Crippen LogP contribution is 2.31. The Hall–Kier alpha value is -2.69. The Kier molecular flexibility index (Phi) is 6.83. The summed E-state index contributed by atoms with van der Waals surface area (Å²) in [6.07, 6.45) is 1.46. The lowest BCUT2D eigenvalue weighted by Crippen LogP contribution is -2.24. The molecule has 1 aliphatic heterocycles. The van der Waals surface area contributed by atoms with Gasteiger partial charge >= 0.3 is 5.97 Å². The Bertz CT molecular complexity index is 1180. The fourth-order valence-electron chi connectivity index (χ4n) is 3.18. The van der Waals surface area contributed by atoms with Gasteiger partial charge in [-0.25, -0.2) is 17.9 Å². The molecule has 1 amide bonds. The van der Waals surface area contributed by atoms with Crippen molar-refractivity contribution in [2.75, 3.05) is 13.7 Å². The van der Waals surface area contributed by atoms with Crippen molar-refractivity contribution in [3.05, 3.63) is 69.2 Å². The molecule has 0 fully saturated rings. The molecule has 0 bridgehead atoms. The first-order valence-electron chi connectivity index (χ1n) is 9.35. The number of esters is 1. The summed E-state index contributed by atoms with van der Waals surface area (Å²) in [5.74, 6) is -0.268. The van der Waals surface area contributed by atoms with E-state index in [1.54, 1.807) is 31.2 Å². The normalized spacial score (nSPS) is 15.8. The number of likely N-dealkylation sites (N-methyl/N-ethyl adjacent to an activating group) is 1. The highest BCUT2D eigenvalue weighted by atomic mass is 79.9. The first-order chi connectivity index (χ1) is 14.7. The molecule has 10 heteroatoms. The molecular formula is C21H21BrN2O6S. The Morgan fingerprint density at radius 2 is 1.90 bits per heavy atom. The van der Waals surface area contributed by atoms with Crippen LogP contribution in [0.4, 0.5) is 0 Å². The van der Waals surface area contributed by atoms with Crippen LogP contribution in [-0.4, -0.2) is 38.8 Å². The van der Waals surface area contributed by atoms with Crippen LogP contribution in [0.3, 0.4) is 0 Å². The minimum Gasteiger partial charge on any atom is -0.465 e. The van der Waals surface area contributed by atoms with Crippen LogP contribution in [0, 0.1) is 0 Å². The van der Waals surface area contributed by atoms with Crippen molar-refractivity contribution in [2.24, 2.45) is 0 Å². The molecule has 3 rings (SSSR count). The van der Waals surface area contributed by atoms with E-state index in [-0.39, 0.29) is 28.5 Å². The standard InChI is InChI=1S/C21H21BrN2O6S/c1-4-24-13(2)19(21(26)29-3)18(20(24)25)11-15-7-8-16(30-15)12-23-31(27,28)17-9-5-14(22)6-10-17/h5-11,23H,4,12H2,1-3H3/b18-11+. The molecule has 0 saturated carbocycles. The third-order valence-corrected chi connectivity index (χ3v) is 6.69. The van der Waals surface area contributed by atoms with Gasteiger partial charge in [-0.1, -0.05) is 15.9 Å². The van der Waals surface area contributed by atoms with Crippen molar-refractivity contribution in [2.45, 2.75) is 25.3 Å². The van der Waals surface area contributed by atoms with Crippen molar-refractivity contribution in [1.29, 1.82) is 0 Å². The summed E-state index contributed by atoms with van der Waals surface area (Å²) < 4.78 is 38.5. The number of hydrogen-bond donors (Lipinski definition) is 1. The molecule has 0 radical (unpaired) electrons. The van der Waals surface area contributed by atoms with Gasteiger partial charge in [-0.3, -0.25) is 4.79 Å². The largest absolute Gasteiger partial charge is 0.465 e. The fourth-order valence-corrected chi connectivity index (χ4v) is 4.44. The number of nitrogens with one attached hydrogen (secondary N) is 1. The summed E-state index contributed by atoms with van der Waals surface area (Å²) in [6, 6.07) is 9.44. The SMILES string of the molecule is CCN1C(=O)/C(=C/c2ccc(CNS(=O)(=O)c3ccc(Br)cc3)o2)C(C(=O)OC)=C1C. The van der Waals surface area contributed by atoms with E-state index < -0.39 is 16.0 Å². The van der Waals surface area contributed by atoms with Crippen molar-refractivity contribution >= 4 is 43.9 Å². The van der Waals surface area contributed by atoms with E-state index >= 15 is 0 Å². The molecule has 0 spiro atoms. The van der Waals surface area contributed by atoms with Crippen LogP contribution in [-0.2, 0) is 30.9 Å². The second-order valence-corrected chi connectivity index (χ2v) is 9.32. The highest BCUT2D eigenvalue weighted by molar-refractivity contribution is 9.10. The average molecular weight is 509 g/mol. The summed E-state index contributed by atoms with van der Waals surface area (Å²) in [6.45, 7) is 3.82. The minimum atomic E-state index is -3.71. The zero-order valence-corrected chi connectivity index (χ0v) is 19.5. The summed E-state index contributed by atoms with van der Waals surface area (Å²) in [5.41, 5.74) is 0.866. The van der Waals surface area contributed by atoms with Gasteiger partial charge in [0.05, 0.1) is 29.7 Å². The van der Waals surface area contributed by atoms with Crippen LogP contribution in [0.15, 0.2) is 67.0 Å². The number of rotatable bonds is 7. The van der Waals surface area contributed by atoms with Gasteiger partial charge in [0.1, 0.15) is 11.5 Å². The van der Waals surface area contributed by atoms with Crippen molar-refractivity contribution in [3.63, 3.8) is 0 Å². The smallest absolute Gasteiger partial charge is 0.340 e. The summed E-state index contributed by atoms with van der Waals surface area (Å²) in [4.78, 5) is 26.5. The third-order valence-electron chi connectivity index (χ3n) is 4.75. The second-order valence-electron chi connectivity index (χ2n) is 6.64. The van der Waals surface area contributed by atoms with Gasteiger partial charge in [-0.15, -0.1) is 0 Å². The van der Waals surface area contributed by atoms with Crippen LogP contribution < -0.4 is 4.72 Å². The summed E-state index contributed by atoms with van der Waals surface area (Å²) >= 11 is 3.27. The first-order valence-corrected chi connectivity index (χ1v) is 11.6. The van der Waals surface area contributed by atoms with Crippen LogP contribution in [0.25, 0.3) is 6.08 Å². The number of ether oxygens (including phenoxy) is 1. The molecule has 0 unspecified atom stereocenters. The van der Waals surface area contributed by atoms with E-state index in [4.69, 9.17) is 9.15 Å². The molecule has 1 aliphatic rings. The van der Waals surface area contributed by atoms with Gasteiger partial charge in [0, 0.05) is 16.7 Å². The quantitative estimate of drug-likeness (QED) is 0.454. The van der Waals surface area contributed by atoms with E-state index in [0.717, 1.165) is 4.47 Å². The van der Waals surface area contributed by atoms with Gasteiger partial charge in [0.15, 0.2) is 0 Å². The lowest BCUT2D eigenvalue weighted by atomic mass is 10.1. The molecular weight excluding hydrogens is 488 g/mol. The molecule has 2 heterocycles. The summed E-state index contributed by atoms with van der Waals surface area (Å²) in [7, 11) is -2.46. The van der Waals surface area contributed by atoms with Gasteiger partial charge in [0.25, 0.3) is 5.91 Å². The van der Waals surface area contributed by atoms with Crippen molar-refractivity contribution in [1.82, 2.24) is 9.62 Å². The molecule has 1 aromatic carbocycles. The number of carbonyl (C=O) groups excluding carboxylic acids is 2. The third kappa shape index (κ3) is 4.81. The van der Waals surface area contributed by atoms with Gasteiger partial charge in [-0.2, -0.15) is 0 Å². The van der Waals surface area contributed by atoms with Crippen molar-refractivity contribution < 1.29 is 27.2 Å². The number of benzene rings is 1. The number of furan rings is 1. The average Bonchev–Trinajstić information content (AvgIpc) is 3.28. The molecule has 164 valence electrons. The highest BCUT2D eigenvalue weighted by Gasteiger charge is 2.36. The predicted molar refractivity (Wildman–Crippen MR) is 117 cm³/mol. The first kappa shape index (κ1) is 23.0. The number of halogens is 1. The van der Waals surface area contributed by atoms with E-state index in [2.05, 4.69) is 20.7 Å². The fraction of sp³-hybridized carbons (Fsp3) is 0.238. The molecule has 0 saturated heterocycles. The minimum absolute atomic E-state index is 0.0741. The van der Waals surface area contributed by atoms with Gasteiger partial charge < -0.3 is 14.1 Å². The zero-order chi connectivity index (χ0) is 22.8. The lowest BCUT2D eigenvalue weighted by molar-refractivity contribution is -0.136. The molecule has 0 atom stereocenters. The van der Waals surface area contributed by atoms with Crippen LogP contribution in [0.2, 0.25) is 0 Å².